The zero-order valence-electron chi connectivity index (χ0n) is 17.5. The molecular weight excluding hydrogens is 408 g/mol. The molecule has 0 unspecified atom stereocenters. The second-order valence-corrected chi connectivity index (χ2v) is 8.89. The molecule has 7 rings (SSSR count). The molecule has 1 aromatic heterocycles. The smallest absolute Gasteiger partial charge is 0.338 e. The van der Waals surface area contributed by atoms with Crippen molar-refractivity contribution in [2.24, 2.45) is 40.6 Å². The molecule has 2 amide bonds. The van der Waals surface area contributed by atoms with Crippen LogP contribution in [0.2, 0.25) is 0 Å². The molecule has 0 N–H and O–H groups in total. The van der Waals surface area contributed by atoms with Gasteiger partial charge in [0, 0.05) is 5.56 Å². The van der Waals surface area contributed by atoms with Gasteiger partial charge < -0.3 is 9.15 Å². The molecule has 2 aromatic rings. The number of rotatable bonds is 5. The summed E-state index contributed by atoms with van der Waals surface area (Å²) < 4.78 is 10.9. The van der Waals surface area contributed by atoms with E-state index in [1.54, 1.807) is 37.3 Å². The number of furan rings is 1. The van der Waals surface area contributed by atoms with Gasteiger partial charge in [0.2, 0.25) is 0 Å². The first-order chi connectivity index (χ1) is 15.6. The number of hydrazone groups is 1. The molecule has 2 heterocycles. The van der Waals surface area contributed by atoms with E-state index in [1.165, 1.54) is 6.21 Å². The molecule has 2 saturated carbocycles. The summed E-state index contributed by atoms with van der Waals surface area (Å²) in [6, 6.07) is 10.4. The third-order valence-electron chi connectivity index (χ3n) is 7.22. The Morgan fingerprint density at radius 1 is 1.12 bits per heavy atom. The van der Waals surface area contributed by atoms with E-state index >= 15 is 0 Å². The third kappa shape index (κ3) is 2.80. The van der Waals surface area contributed by atoms with Crippen LogP contribution in [-0.2, 0) is 14.3 Å². The minimum atomic E-state index is -0.392. The van der Waals surface area contributed by atoms with Gasteiger partial charge in [-0.1, -0.05) is 24.3 Å². The van der Waals surface area contributed by atoms with Crippen LogP contribution < -0.4 is 0 Å². The lowest BCUT2D eigenvalue weighted by molar-refractivity contribution is -0.140. The molecule has 1 aromatic carbocycles. The maximum Gasteiger partial charge on any atom is 0.338 e. The fourth-order valence-electron chi connectivity index (χ4n) is 5.76. The Morgan fingerprint density at radius 2 is 1.84 bits per heavy atom. The second kappa shape index (κ2) is 7.02. The number of amides is 2. The zero-order chi connectivity index (χ0) is 22.0. The van der Waals surface area contributed by atoms with Crippen LogP contribution in [0.1, 0.15) is 29.5 Å². The van der Waals surface area contributed by atoms with E-state index in [4.69, 9.17) is 9.15 Å². The number of hydrogen-bond donors (Lipinski definition) is 0. The number of hydrogen-bond acceptors (Lipinski definition) is 6. The van der Waals surface area contributed by atoms with Crippen molar-refractivity contribution in [3.63, 3.8) is 0 Å². The highest BCUT2D eigenvalue weighted by atomic mass is 16.5. The lowest BCUT2D eigenvalue weighted by Crippen LogP contribution is -2.40. The fourth-order valence-corrected chi connectivity index (χ4v) is 5.76. The Balaban J connectivity index is 1.21. The van der Waals surface area contributed by atoms with Gasteiger partial charge in [-0.25, -0.2) is 4.79 Å². The summed E-state index contributed by atoms with van der Waals surface area (Å²) in [5.74, 6) is 1.11. The van der Waals surface area contributed by atoms with E-state index in [-0.39, 0.29) is 35.5 Å². The molecule has 1 saturated heterocycles. The Morgan fingerprint density at radius 3 is 2.53 bits per heavy atom. The first-order valence-electron chi connectivity index (χ1n) is 11.0. The van der Waals surface area contributed by atoms with Gasteiger partial charge in [0.1, 0.15) is 11.5 Å². The lowest BCUT2D eigenvalue weighted by Gasteiger charge is -2.37. The van der Waals surface area contributed by atoms with Crippen molar-refractivity contribution in [1.82, 2.24) is 5.01 Å². The van der Waals surface area contributed by atoms with Crippen LogP contribution in [0.4, 0.5) is 0 Å². The summed E-state index contributed by atoms with van der Waals surface area (Å²) >= 11 is 0. The quantitative estimate of drug-likeness (QED) is 0.313. The van der Waals surface area contributed by atoms with Gasteiger partial charge in [0.15, 0.2) is 0 Å². The maximum atomic E-state index is 13.0. The van der Waals surface area contributed by atoms with Crippen LogP contribution in [0.5, 0.6) is 0 Å². The van der Waals surface area contributed by atoms with Crippen LogP contribution in [0.25, 0.3) is 11.3 Å². The van der Waals surface area contributed by atoms with Crippen molar-refractivity contribution in [3.8, 4) is 11.3 Å². The van der Waals surface area contributed by atoms with Gasteiger partial charge in [-0.3, -0.25) is 9.59 Å². The monoisotopic (exact) mass is 430 g/mol. The van der Waals surface area contributed by atoms with E-state index in [1.807, 2.05) is 6.07 Å². The average Bonchev–Trinajstić information content (AvgIpc) is 3.44. The second-order valence-electron chi connectivity index (χ2n) is 8.89. The van der Waals surface area contributed by atoms with Gasteiger partial charge >= 0.3 is 5.97 Å². The molecule has 4 aliphatic carbocycles. The Bertz CT molecular complexity index is 1160. The Kier molecular flexibility index (Phi) is 4.22. The Labute approximate surface area is 184 Å². The third-order valence-corrected chi connectivity index (χ3v) is 7.22. The van der Waals surface area contributed by atoms with E-state index in [0.29, 0.717) is 35.5 Å². The molecule has 2 bridgehead atoms. The number of esters is 1. The van der Waals surface area contributed by atoms with Crippen LogP contribution in [0.3, 0.4) is 0 Å². The molecule has 7 nitrogen and oxygen atoms in total. The van der Waals surface area contributed by atoms with Gasteiger partial charge in [0.05, 0.1) is 30.2 Å². The lowest BCUT2D eigenvalue weighted by atomic mass is 9.63. The van der Waals surface area contributed by atoms with Crippen molar-refractivity contribution in [1.29, 1.82) is 0 Å². The highest BCUT2D eigenvalue weighted by Crippen LogP contribution is 2.65. The van der Waals surface area contributed by atoms with Crippen molar-refractivity contribution >= 4 is 24.0 Å². The average molecular weight is 430 g/mol. The SMILES string of the molecule is CCOC(=O)c1cccc(-c2ccc(C=NN3C(=O)[C@@H]4[C@H]5C=C[C@@H]([C@@H]6C[C@@H]56)[C@@H]4C3=O)o2)c1. The van der Waals surface area contributed by atoms with Gasteiger partial charge in [-0.2, -0.15) is 10.1 Å². The van der Waals surface area contributed by atoms with Gasteiger partial charge in [-0.05, 0) is 61.3 Å². The van der Waals surface area contributed by atoms with E-state index in [2.05, 4.69) is 17.3 Å². The molecule has 0 radical (unpaired) electrons. The summed E-state index contributed by atoms with van der Waals surface area (Å²) in [6.45, 7) is 2.06. The van der Waals surface area contributed by atoms with Crippen molar-refractivity contribution < 1.29 is 23.5 Å². The summed E-state index contributed by atoms with van der Waals surface area (Å²) in [6.07, 6.45) is 6.82. The fraction of sp³-hybridized carbons (Fsp3) is 0.360. The number of carbonyl (C=O) groups excluding carboxylic acids is 3. The summed E-state index contributed by atoms with van der Waals surface area (Å²) in [5, 5.41) is 5.25. The van der Waals surface area contributed by atoms with E-state index < -0.39 is 5.97 Å². The van der Waals surface area contributed by atoms with E-state index in [0.717, 1.165) is 17.0 Å². The van der Waals surface area contributed by atoms with Crippen LogP contribution >= 0.6 is 0 Å². The van der Waals surface area contributed by atoms with Gasteiger partial charge in [0.25, 0.3) is 11.8 Å². The molecule has 0 spiro atoms. The maximum absolute atomic E-state index is 13.0. The minimum absolute atomic E-state index is 0.175. The van der Waals surface area contributed by atoms with Gasteiger partial charge in [-0.15, -0.1) is 0 Å². The van der Waals surface area contributed by atoms with Crippen LogP contribution in [-0.4, -0.2) is 35.6 Å². The van der Waals surface area contributed by atoms with E-state index in [9.17, 15) is 14.4 Å². The number of nitrogens with zero attached hydrogens (tertiary/aromatic N) is 2. The molecule has 7 heteroatoms. The van der Waals surface area contributed by atoms with Crippen LogP contribution in [0.15, 0.2) is 58.1 Å². The number of carbonyl (C=O) groups is 3. The standard InChI is InChI=1S/C25H22N2O5/c1-2-31-25(30)14-5-3-4-13(10-14)20-9-6-15(32-20)12-26-27-23(28)21-16-7-8-17(19-11-18(16)19)22(21)24(27)29/h3-10,12,16-19,21-22H,2,11H2,1H3/t16-,17-,18-,19-,21-,22+/m0/s1. The molecule has 6 atom stereocenters. The van der Waals surface area contributed by atoms with Crippen molar-refractivity contribution in [3.05, 3.63) is 59.9 Å². The molecule has 5 aliphatic rings. The highest BCUT2D eigenvalue weighted by Gasteiger charge is 2.67. The van der Waals surface area contributed by atoms with Crippen molar-refractivity contribution in [2.45, 2.75) is 13.3 Å². The highest BCUT2D eigenvalue weighted by molar-refractivity contribution is 6.06. The number of imide groups is 1. The predicted octanol–water partition coefficient (Wildman–Crippen LogP) is 3.51. The first kappa shape index (κ1) is 19.2. The molecular formula is C25H22N2O5. The Hall–Kier alpha value is -3.48. The molecule has 1 aliphatic heterocycles. The molecule has 32 heavy (non-hydrogen) atoms. The molecule has 3 fully saturated rings. The van der Waals surface area contributed by atoms with Crippen LogP contribution in [0, 0.1) is 35.5 Å². The minimum Gasteiger partial charge on any atom is -0.462 e. The number of allylic oxidation sites excluding steroid dienone is 2. The van der Waals surface area contributed by atoms with Crippen molar-refractivity contribution in [2.75, 3.05) is 6.61 Å². The number of ether oxygens (including phenoxy) is 1. The molecule has 162 valence electrons. The largest absolute Gasteiger partial charge is 0.462 e. The predicted molar refractivity (Wildman–Crippen MR) is 114 cm³/mol. The topological polar surface area (TPSA) is 89.2 Å². The number of benzene rings is 1. The summed E-state index contributed by atoms with van der Waals surface area (Å²) in [4.78, 5) is 38.0. The first-order valence-corrected chi connectivity index (χ1v) is 11.0. The summed E-state index contributed by atoms with van der Waals surface area (Å²) in [5.41, 5.74) is 1.16. The zero-order valence-corrected chi connectivity index (χ0v) is 17.5. The normalized spacial score (nSPS) is 31.8. The summed E-state index contributed by atoms with van der Waals surface area (Å²) in [7, 11) is 0.